The summed E-state index contributed by atoms with van der Waals surface area (Å²) in [5.41, 5.74) is -0.889. The minimum absolute atomic E-state index is 0.176. The third-order valence-corrected chi connectivity index (χ3v) is 2.74. The molecule has 0 aromatic carbocycles. The van der Waals surface area contributed by atoms with Crippen LogP contribution in [0.1, 0.15) is 33.0 Å². The van der Waals surface area contributed by atoms with Crippen LogP contribution in [-0.4, -0.2) is 19.9 Å². The predicted molar refractivity (Wildman–Crippen MR) is 50.0 cm³/mol. The second kappa shape index (κ2) is 3.46. The molecule has 1 N–H and O–H groups in total. The molecule has 4 heteroatoms. The smallest absolute Gasteiger partial charge is 0.164 e. The Kier molecular flexibility index (Phi) is 2.71. The molecule has 0 amide bonds. The molecule has 2 atom stereocenters. The predicted octanol–water partition coefficient (Wildman–Crippen LogP) is 1.07. The van der Waals surface area contributed by atoms with Crippen molar-refractivity contribution in [3.63, 3.8) is 0 Å². The second-order valence-electron chi connectivity index (χ2n) is 3.72. The molecule has 13 heavy (non-hydrogen) atoms. The Morgan fingerprint density at radius 1 is 1.69 bits per heavy atom. The fourth-order valence-electron chi connectivity index (χ4n) is 1.36. The average Bonchev–Trinajstić information content (AvgIpc) is 2.50. The lowest BCUT2D eigenvalue weighted by Gasteiger charge is -2.28. The first-order chi connectivity index (χ1) is 6.00. The van der Waals surface area contributed by atoms with Crippen molar-refractivity contribution in [3.8, 4) is 0 Å². The summed E-state index contributed by atoms with van der Waals surface area (Å²) in [5.74, 6) is 0.803. The Bertz CT molecular complexity index is 280. The number of rotatable bonds is 3. The Labute approximate surface area is 78.6 Å². The molecule has 1 heterocycles. The third-order valence-electron chi connectivity index (χ3n) is 2.74. The van der Waals surface area contributed by atoms with Crippen molar-refractivity contribution in [3.05, 3.63) is 12.2 Å². The first-order valence-electron chi connectivity index (χ1n) is 4.57. The number of nitrogens with zero attached hydrogens (tertiary/aromatic N) is 3. The lowest BCUT2D eigenvalue weighted by molar-refractivity contribution is -0.0110. The van der Waals surface area contributed by atoms with Crippen LogP contribution in [0.5, 0.6) is 0 Å². The van der Waals surface area contributed by atoms with Gasteiger partial charge in [-0.05, 0) is 12.8 Å². The van der Waals surface area contributed by atoms with Crippen molar-refractivity contribution in [2.75, 3.05) is 0 Å². The third kappa shape index (κ3) is 1.72. The van der Waals surface area contributed by atoms with E-state index in [9.17, 15) is 5.11 Å². The van der Waals surface area contributed by atoms with Crippen molar-refractivity contribution < 1.29 is 5.11 Å². The van der Waals surface area contributed by atoms with E-state index in [1.165, 1.54) is 0 Å². The highest BCUT2D eigenvalue weighted by Crippen LogP contribution is 2.28. The Balaban J connectivity index is 2.99. The van der Waals surface area contributed by atoms with Gasteiger partial charge in [0, 0.05) is 7.05 Å². The molecule has 1 rings (SSSR count). The van der Waals surface area contributed by atoms with Crippen LogP contribution in [0.15, 0.2) is 6.33 Å². The van der Waals surface area contributed by atoms with Gasteiger partial charge in [0.2, 0.25) is 0 Å². The molecule has 2 unspecified atom stereocenters. The minimum atomic E-state index is -0.889. The summed E-state index contributed by atoms with van der Waals surface area (Å²) in [6.07, 6.45) is 2.52. The molecular formula is C9H17N3O. The van der Waals surface area contributed by atoms with Crippen molar-refractivity contribution in [1.82, 2.24) is 14.8 Å². The van der Waals surface area contributed by atoms with Crippen molar-refractivity contribution in [2.24, 2.45) is 13.0 Å². The standard InChI is InChI=1S/C9H17N3O/c1-5-7(2)9(3,13)8-11-10-6-12(8)4/h6-7,13H,5H2,1-4H3. The van der Waals surface area contributed by atoms with Gasteiger partial charge in [-0.2, -0.15) is 0 Å². The molecule has 4 nitrogen and oxygen atoms in total. The van der Waals surface area contributed by atoms with Gasteiger partial charge in [-0.15, -0.1) is 10.2 Å². The van der Waals surface area contributed by atoms with Crippen LogP contribution in [0.3, 0.4) is 0 Å². The first-order valence-corrected chi connectivity index (χ1v) is 4.57. The van der Waals surface area contributed by atoms with Crippen molar-refractivity contribution in [1.29, 1.82) is 0 Å². The topological polar surface area (TPSA) is 50.9 Å². The molecule has 0 aliphatic rings. The summed E-state index contributed by atoms with van der Waals surface area (Å²) in [7, 11) is 1.84. The van der Waals surface area contributed by atoms with E-state index in [-0.39, 0.29) is 5.92 Å². The van der Waals surface area contributed by atoms with Gasteiger partial charge in [0.05, 0.1) is 0 Å². The van der Waals surface area contributed by atoms with Crippen LogP contribution in [-0.2, 0) is 12.6 Å². The quantitative estimate of drug-likeness (QED) is 0.762. The maximum absolute atomic E-state index is 10.2. The van der Waals surface area contributed by atoms with Gasteiger partial charge in [0.15, 0.2) is 5.82 Å². The molecule has 0 aliphatic heterocycles. The fraction of sp³-hybridized carbons (Fsp3) is 0.778. The molecule has 1 aromatic rings. The van der Waals surface area contributed by atoms with Crippen LogP contribution in [0.25, 0.3) is 0 Å². The van der Waals surface area contributed by atoms with Crippen molar-refractivity contribution in [2.45, 2.75) is 32.8 Å². The average molecular weight is 183 g/mol. The molecule has 0 saturated carbocycles. The molecule has 1 aromatic heterocycles. The number of hydrogen-bond acceptors (Lipinski definition) is 3. The molecule has 74 valence electrons. The van der Waals surface area contributed by atoms with E-state index < -0.39 is 5.60 Å². The maximum Gasteiger partial charge on any atom is 0.164 e. The van der Waals surface area contributed by atoms with Gasteiger partial charge >= 0.3 is 0 Å². The Morgan fingerprint density at radius 2 is 2.31 bits per heavy atom. The fourth-order valence-corrected chi connectivity index (χ4v) is 1.36. The number of aryl methyl sites for hydroxylation is 1. The SMILES string of the molecule is CCC(C)C(C)(O)c1nncn1C. The zero-order chi connectivity index (χ0) is 10.1. The largest absolute Gasteiger partial charge is 0.382 e. The summed E-state index contributed by atoms with van der Waals surface area (Å²) in [6.45, 7) is 5.84. The monoisotopic (exact) mass is 183 g/mol. The normalized spacial score (nSPS) is 18.2. The molecule has 0 radical (unpaired) electrons. The van der Waals surface area contributed by atoms with Crippen LogP contribution < -0.4 is 0 Å². The Morgan fingerprint density at radius 3 is 2.69 bits per heavy atom. The number of hydrogen-bond donors (Lipinski definition) is 1. The van der Waals surface area contributed by atoms with Gasteiger partial charge < -0.3 is 9.67 Å². The van der Waals surface area contributed by atoms with Gasteiger partial charge in [0.1, 0.15) is 11.9 Å². The molecule has 0 aliphatic carbocycles. The summed E-state index contributed by atoms with van der Waals surface area (Å²) in [4.78, 5) is 0. The van der Waals surface area contributed by atoms with Crippen LogP contribution in [0, 0.1) is 5.92 Å². The summed E-state index contributed by atoms with van der Waals surface area (Å²) < 4.78 is 1.76. The van der Waals surface area contributed by atoms with Crippen LogP contribution >= 0.6 is 0 Å². The van der Waals surface area contributed by atoms with E-state index in [1.807, 2.05) is 14.0 Å². The summed E-state index contributed by atoms with van der Waals surface area (Å²) in [6, 6.07) is 0. The molecular weight excluding hydrogens is 166 g/mol. The second-order valence-corrected chi connectivity index (χ2v) is 3.72. The van der Waals surface area contributed by atoms with Gasteiger partial charge in [0.25, 0.3) is 0 Å². The molecule has 0 spiro atoms. The zero-order valence-corrected chi connectivity index (χ0v) is 8.65. The van der Waals surface area contributed by atoms with Crippen molar-refractivity contribution >= 4 is 0 Å². The summed E-state index contributed by atoms with van der Waals surface area (Å²) in [5, 5.41) is 17.9. The van der Waals surface area contributed by atoms with E-state index in [4.69, 9.17) is 0 Å². The van der Waals surface area contributed by atoms with Gasteiger partial charge in [-0.3, -0.25) is 0 Å². The van der Waals surface area contributed by atoms with Gasteiger partial charge in [-0.25, -0.2) is 0 Å². The summed E-state index contributed by atoms with van der Waals surface area (Å²) >= 11 is 0. The zero-order valence-electron chi connectivity index (χ0n) is 8.65. The number of aliphatic hydroxyl groups is 1. The first kappa shape index (κ1) is 10.2. The van der Waals surface area contributed by atoms with E-state index >= 15 is 0 Å². The number of aromatic nitrogens is 3. The van der Waals surface area contributed by atoms with E-state index in [0.717, 1.165) is 6.42 Å². The maximum atomic E-state index is 10.2. The van der Waals surface area contributed by atoms with Crippen LogP contribution in [0.2, 0.25) is 0 Å². The minimum Gasteiger partial charge on any atom is -0.382 e. The van der Waals surface area contributed by atoms with E-state index in [1.54, 1.807) is 17.8 Å². The van der Waals surface area contributed by atoms with E-state index in [2.05, 4.69) is 17.1 Å². The molecule has 0 saturated heterocycles. The highest BCUT2D eigenvalue weighted by Gasteiger charge is 2.33. The van der Waals surface area contributed by atoms with Gasteiger partial charge in [-0.1, -0.05) is 20.3 Å². The van der Waals surface area contributed by atoms with E-state index in [0.29, 0.717) is 5.82 Å². The lowest BCUT2D eigenvalue weighted by Crippen LogP contribution is -2.32. The lowest BCUT2D eigenvalue weighted by atomic mass is 9.88. The Hall–Kier alpha value is -0.900. The highest BCUT2D eigenvalue weighted by molar-refractivity contribution is 5.00. The highest BCUT2D eigenvalue weighted by atomic mass is 16.3. The molecule has 0 bridgehead atoms. The molecule has 0 fully saturated rings. The van der Waals surface area contributed by atoms with Crippen LogP contribution in [0.4, 0.5) is 0 Å².